The molecule has 4 heteroatoms. The van der Waals surface area contributed by atoms with Crippen LogP contribution in [-0.4, -0.2) is 5.11 Å². The summed E-state index contributed by atoms with van der Waals surface area (Å²) in [5.74, 6) is 0.785. The summed E-state index contributed by atoms with van der Waals surface area (Å²) in [5, 5.41) is 3.19. The number of thiocarbonyl (C=S) groups is 1. The van der Waals surface area contributed by atoms with Crippen LogP contribution in [0.5, 0.6) is 5.75 Å². The number of nitrogens with two attached hydrogens (primary N) is 1. The van der Waals surface area contributed by atoms with Gasteiger partial charge in [-0.25, -0.2) is 0 Å². The van der Waals surface area contributed by atoms with E-state index >= 15 is 0 Å². The Morgan fingerprint density at radius 1 is 1.21 bits per heavy atom. The maximum atomic E-state index is 5.75. The molecule has 0 saturated heterocycles. The molecule has 0 aliphatic rings. The first-order valence-corrected chi connectivity index (χ1v) is 6.40. The number of ether oxygens (including phenoxy) is 1. The van der Waals surface area contributed by atoms with Gasteiger partial charge in [0.2, 0.25) is 0 Å². The van der Waals surface area contributed by atoms with Gasteiger partial charge in [-0.05, 0) is 36.3 Å². The third-order valence-electron chi connectivity index (χ3n) is 2.72. The normalized spacial score (nSPS) is 9.95. The van der Waals surface area contributed by atoms with Gasteiger partial charge in [0.05, 0.1) is 0 Å². The van der Waals surface area contributed by atoms with Crippen molar-refractivity contribution in [2.45, 2.75) is 13.5 Å². The molecule has 0 fully saturated rings. The molecule has 0 aliphatic heterocycles. The standard InChI is InChI=1S/C15H16N2OS/c1-11-7-8-13(9-14(11)17-15(16)19)18-10-12-5-3-2-4-6-12/h2-9H,10H2,1H3,(H3,16,17,19). The quantitative estimate of drug-likeness (QED) is 0.839. The maximum absolute atomic E-state index is 5.75. The van der Waals surface area contributed by atoms with E-state index in [1.165, 1.54) is 0 Å². The zero-order valence-corrected chi connectivity index (χ0v) is 11.5. The highest BCUT2D eigenvalue weighted by Gasteiger charge is 2.02. The molecule has 2 rings (SSSR count). The molecule has 2 aromatic rings. The molecular weight excluding hydrogens is 256 g/mol. The van der Waals surface area contributed by atoms with E-state index in [4.69, 9.17) is 22.7 Å². The van der Waals surface area contributed by atoms with Crippen LogP contribution >= 0.6 is 12.2 Å². The Bertz CT molecular complexity index is 570. The van der Waals surface area contributed by atoms with Gasteiger partial charge in [0, 0.05) is 11.8 Å². The lowest BCUT2D eigenvalue weighted by Crippen LogP contribution is -2.19. The SMILES string of the molecule is Cc1ccc(OCc2ccccc2)cc1NC(N)=S. The monoisotopic (exact) mass is 272 g/mol. The van der Waals surface area contributed by atoms with Crippen molar-refractivity contribution in [1.29, 1.82) is 0 Å². The second-order valence-corrected chi connectivity index (χ2v) is 4.68. The molecule has 0 saturated carbocycles. The predicted octanol–water partition coefficient (Wildman–Crippen LogP) is 3.23. The largest absolute Gasteiger partial charge is 0.489 e. The summed E-state index contributed by atoms with van der Waals surface area (Å²) in [6.07, 6.45) is 0. The maximum Gasteiger partial charge on any atom is 0.168 e. The molecule has 0 unspecified atom stereocenters. The number of benzene rings is 2. The average molecular weight is 272 g/mol. The molecule has 0 heterocycles. The van der Waals surface area contributed by atoms with Gasteiger partial charge in [0.1, 0.15) is 12.4 Å². The van der Waals surface area contributed by atoms with Gasteiger partial charge in [-0.2, -0.15) is 0 Å². The lowest BCUT2D eigenvalue weighted by molar-refractivity contribution is 0.306. The number of hydrogen-bond acceptors (Lipinski definition) is 2. The fourth-order valence-electron chi connectivity index (χ4n) is 1.70. The summed E-state index contributed by atoms with van der Waals surface area (Å²) in [5.41, 5.74) is 8.56. The lowest BCUT2D eigenvalue weighted by atomic mass is 10.2. The van der Waals surface area contributed by atoms with Crippen LogP contribution in [0, 0.1) is 6.92 Å². The summed E-state index contributed by atoms with van der Waals surface area (Å²) < 4.78 is 5.75. The van der Waals surface area contributed by atoms with Crippen molar-refractivity contribution in [2.24, 2.45) is 5.73 Å². The molecular formula is C15H16N2OS. The second-order valence-electron chi connectivity index (χ2n) is 4.24. The number of rotatable bonds is 4. The molecule has 0 aliphatic carbocycles. The number of nitrogens with one attached hydrogen (secondary N) is 1. The van der Waals surface area contributed by atoms with Crippen LogP contribution in [-0.2, 0) is 6.61 Å². The van der Waals surface area contributed by atoms with E-state index < -0.39 is 0 Å². The van der Waals surface area contributed by atoms with E-state index in [1.54, 1.807) is 0 Å². The second kappa shape index (κ2) is 6.20. The molecule has 2 aromatic carbocycles. The Kier molecular flexibility index (Phi) is 4.36. The minimum Gasteiger partial charge on any atom is -0.489 e. The molecule has 0 radical (unpaired) electrons. The third kappa shape index (κ3) is 3.96. The van der Waals surface area contributed by atoms with Crippen LogP contribution in [0.4, 0.5) is 5.69 Å². The summed E-state index contributed by atoms with van der Waals surface area (Å²) in [7, 11) is 0. The first-order valence-electron chi connectivity index (χ1n) is 5.99. The minimum atomic E-state index is 0.253. The van der Waals surface area contributed by atoms with E-state index in [1.807, 2.05) is 55.5 Å². The Labute approximate surface area is 118 Å². The van der Waals surface area contributed by atoms with Crippen LogP contribution in [0.25, 0.3) is 0 Å². The van der Waals surface area contributed by atoms with Gasteiger partial charge in [-0.15, -0.1) is 0 Å². The van der Waals surface area contributed by atoms with Gasteiger partial charge < -0.3 is 15.8 Å². The molecule has 19 heavy (non-hydrogen) atoms. The van der Waals surface area contributed by atoms with Crippen LogP contribution < -0.4 is 15.8 Å². The van der Waals surface area contributed by atoms with Gasteiger partial charge in [-0.3, -0.25) is 0 Å². The highest BCUT2D eigenvalue weighted by molar-refractivity contribution is 7.80. The topological polar surface area (TPSA) is 47.3 Å². The molecule has 0 atom stereocenters. The van der Waals surface area contributed by atoms with Crippen molar-refractivity contribution >= 4 is 23.0 Å². The lowest BCUT2D eigenvalue weighted by Gasteiger charge is -2.11. The van der Waals surface area contributed by atoms with Crippen LogP contribution in [0.2, 0.25) is 0 Å². The Morgan fingerprint density at radius 2 is 1.95 bits per heavy atom. The Morgan fingerprint density at radius 3 is 2.63 bits per heavy atom. The number of anilines is 1. The van der Waals surface area contributed by atoms with Crippen molar-refractivity contribution in [3.63, 3.8) is 0 Å². The van der Waals surface area contributed by atoms with Gasteiger partial charge >= 0.3 is 0 Å². The molecule has 0 spiro atoms. The van der Waals surface area contributed by atoms with Gasteiger partial charge in [0.25, 0.3) is 0 Å². The number of hydrogen-bond donors (Lipinski definition) is 2. The molecule has 3 nitrogen and oxygen atoms in total. The minimum absolute atomic E-state index is 0.253. The first-order chi connectivity index (χ1) is 9.15. The van der Waals surface area contributed by atoms with Crippen LogP contribution in [0.15, 0.2) is 48.5 Å². The molecule has 0 aromatic heterocycles. The van der Waals surface area contributed by atoms with E-state index in [2.05, 4.69) is 5.32 Å². The predicted molar refractivity (Wildman–Crippen MR) is 82.4 cm³/mol. The molecule has 98 valence electrons. The summed E-state index contributed by atoms with van der Waals surface area (Å²) in [6.45, 7) is 2.53. The van der Waals surface area contributed by atoms with Crippen molar-refractivity contribution in [2.75, 3.05) is 5.32 Å². The van der Waals surface area contributed by atoms with Crippen molar-refractivity contribution in [1.82, 2.24) is 0 Å². The fraction of sp³-hybridized carbons (Fsp3) is 0.133. The van der Waals surface area contributed by atoms with E-state index in [9.17, 15) is 0 Å². The molecule has 0 bridgehead atoms. The van der Waals surface area contributed by atoms with E-state index in [0.717, 1.165) is 22.6 Å². The Hall–Kier alpha value is -2.07. The van der Waals surface area contributed by atoms with Crippen LogP contribution in [0.1, 0.15) is 11.1 Å². The summed E-state index contributed by atoms with van der Waals surface area (Å²) in [4.78, 5) is 0. The smallest absolute Gasteiger partial charge is 0.168 e. The zero-order valence-electron chi connectivity index (χ0n) is 10.7. The number of aryl methyl sites for hydroxylation is 1. The Balaban J connectivity index is 2.06. The van der Waals surface area contributed by atoms with Crippen molar-refractivity contribution in [3.05, 3.63) is 59.7 Å². The molecule has 3 N–H and O–H groups in total. The average Bonchev–Trinajstić information content (AvgIpc) is 2.40. The highest BCUT2D eigenvalue weighted by atomic mass is 32.1. The van der Waals surface area contributed by atoms with E-state index in [-0.39, 0.29) is 5.11 Å². The summed E-state index contributed by atoms with van der Waals surface area (Å²) >= 11 is 4.85. The van der Waals surface area contributed by atoms with Gasteiger partial charge in [0.15, 0.2) is 5.11 Å². The van der Waals surface area contributed by atoms with Gasteiger partial charge in [-0.1, -0.05) is 36.4 Å². The summed E-state index contributed by atoms with van der Waals surface area (Å²) in [6, 6.07) is 15.8. The molecule has 0 amide bonds. The first kappa shape index (κ1) is 13.4. The van der Waals surface area contributed by atoms with Crippen molar-refractivity contribution < 1.29 is 4.74 Å². The van der Waals surface area contributed by atoms with E-state index in [0.29, 0.717) is 6.61 Å². The zero-order chi connectivity index (χ0) is 13.7. The fourth-order valence-corrected chi connectivity index (χ4v) is 1.81. The van der Waals surface area contributed by atoms with Crippen molar-refractivity contribution in [3.8, 4) is 5.75 Å². The van der Waals surface area contributed by atoms with Crippen LogP contribution in [0.3, 0.4) is 0 Å². The third-order valence-corrected chi connectivity index (χ3v) is 2.82. The highest BCUT2D eigenvalue weighted by Crippen LogP contribution is 2.22.